The Labute approximate surface area is 152 Å². The SMILES string of the molecule is CC(=O)Nc1c(I)c(CN)c(I)c(NC(C)=O)c1I. The summed E-state index contributed by atoms with van der Waals surface area (Å²) in [5.41, 5.74) is 8.06. The molecular formula is C11H12I3N3O2. The van der Waals surface area contributed by atoms with Crippen LogP contribution >= 0.6 is 67.8 Å². The number of amides is 2. The number of hydrogen-bond donors (Lipinski definition) is 3. The largest absolute Gasteiger partial charge is 0.326 e. The molecule has 1 rings (SSSR count). The van der Waals surface area contributed by atoms with Crippen LogP contribution in [0.25, 0.3) is 0 Å². The van der Waals surface area contributed by atoms with Gasteiger partial charge in [-0.25, -0.2) is 0 Å². The van der Waals surface area contributed by atoms with Gasteiger partial charge in [-0.2, -0.15) is 0 Å². The minimum atomic E-state index is -0.159. The van der Waals surface area contributed by atoms with E-state index < -0.39 is 0 Å². The second-order valence-electron chi connectivity index (χ2n) is 3.74. The fraction of sp³-hybridized carbons (Fsp3) is 0.273. The van der Waals surface area contributed by atoms with Gasteiger partial charge in [-0.05, 0) is 73.3 Å². The van der Waals surface area contributed by atoms with Gasteiger partial charge in [-0.3, -0.25) is 9.59 Å². The van der Waals surface area contributed by atoms with E-state index in [0.29, 0.717) is 17.9 Å². The Morgan fingerprint density at radius 3 is 1.58 bits per heavy atom. The first-order valence-electron chi connectivity index (χ1n) is 5.24. The van der Waals surface area contributed by atoms with E-state index in [9.17, 15) is 9.59 Å². The summed E-state index contributed by atoms with van der Waals surface area (Å²) in [6.45, 7) is 3.24. The predicted octanol–water partition coefficient (Wildman–Crippen LogP) is 2.88. The molecule has 0 heterocycles. The first kappa shape index (κ1) is 17.4. The van der Waals surface area contributed by atoms with Gasteiger partial charge in [-0.15, -0.1) is 0 Å². The van der Waals surface area contributed by atoms with Crippen LogP contribution in [0.5, 0.6) is 0 Å². The Morgan fingerprint density at radius 2 is 1.32 bits per heavy atom. The molecule has 2 amide bonds. The van der Waals surface area contributed by atoms with Crippen LogP contribution in [0.15, 0.2) is 0 Å². The average Bonchev–Trinajstić information content (AvgIpc) is 2.30. The average molecular weight is 599 g/mol. The van der Waals surface area contributed by atoms with E-state index >= 15 is 0 Å². The lowest BCUT2D eigenvalue weighted by molar-refractivity contribution is -0.115. The molecule has 1 aromatic rings. The van der Waals surface area contributed by atoms with Crippen LogP contribution in [0, 0.1) is 10.7 Å². The molecule has 0 spiro atoms. The van der Waals surface area contributed by atoms with Crippen molar-refractivity contribution in [2.45, 2.75) is 20.4 Å². The molecule has 0 aliphatic carbocycles. The zero-order chi connectivity index (χ0) is 14.7. The summed E-state index contributed by atoms with van der Waals surface area (Å²) in [6, 6.07) is 0. The molecule has 4 N–H and O–H groups in total. The summed E-state index contributed by atoms with van der Waals surface area (Å²) in [4.78, 5) is 22.6. The molecule has 0 aliphatic heterocycles. The second-order valence-corrected chi connectivity index (χ2v) is 6.97. The van der Waals surface area contributed by atoms with Gasteiger partial charge in [0.2, 0.25) is 11.8 Å². The van der Waals surface area contributed by atoms with Crippen molar-refractivity contribution in [2.75, 3.05) is 10.6 Å². The van der Waals surface area contributed by atoms with Crippen LogP contribution in [0.3, 0.4) is 0 Å². The summed E-state index contributed by atoms with van der Waals surface area (Å²) < 4.78 is 2.60. The van der Waals surface area contributed by atoms with Gasteiger partial charge in [0.25, 0.3) is 0 Å². The number of rotatable bonds is 3. The number of anilines is 2. The lowest BCUT2D eigenvalue weighted by Gasteiger charge is -2.19. The molecule has 0 aromatic heterocycles. The predicted molar refractivity (Wildman–Crippen MR) is 101 cm³/mol. The summed E-state index contributed by atoms with van der Waals surface area (Å²) in [5, 5.41) is 5.59. The van der Waals surface area contributed by atoms with E-state index in [4.69, 9.17) is 5.73 Å². The van der Waals surface area contributed by atoms with Gasteiger partial charge in [0.15, 0.2) is 0 Å². The third kappa shape index (κ3) is 4.14. The molecule has 0 bridgehead atoms. The third-order valence-corrected chi connectivity index (χ3v) is 5.67. The molecule has 5 nitrogen and oxygen atoms in total. The maximum atomic E-state index is 11.3. The normalized spacial score (nSPS) is 10.2. The molecular weight excluding hydrogens is 587 g/mol. The van der Waals surface area contributed by atoms with Gasteiger partial charge in [0.05, 0.1) is 14.9 Å². The minimum Gasteiger partial charge on any atom is -0.326 e. The van der Waals surface area contributed by atoms with Crippen molar-refractivity contribution in [3.63, 3.8) is 0 Å². The van der Waals surface area contributed by atoms with E-state index in [-0.39, 0.29) is 11.8 Å². The van der Waals surface area contributed by atoms with Crippen LogP contribution in [0.2, 0.25) is 0 Å². The van der Waals surface area contributed by atoms with Crippen LogP contribution in [-0.2, 0) is 16.1 Å². The van der Waals surface area contributed by atoms with Gasteiger partial charge >= 0.3 is 0 Å². The van der Waals surface area contributed by atoms with Crippen LogP contribution in [0.4, 0.5) is 11.4 Å². The van der Waals surface area contributed by atoms with E-state index in [1.165, 1.54) is 13.8 Å². The Hall–Kier alpha value is 0.310. The fourth-order valence-corrected chi connectivity index (χ4v) is 5.61. The zero-order valence-corrected chi connectivity index (χ0v) is 16.7. The highest BCUT2D eigenvalue weighted by molar-refractivity contribution is 14.1. The maximum absolute atomic E-state index is 11.3. The summed E-state index contributed by atoms with van der Waals surface area (Å²) in [6.07, 6.45) is 0. The number of benzene rings is 1. The number of carbonyl (C=O) groups excluding carboxylic acids is 2. The van der Waals surface area contributed by atoms with Gasteiger partial charge < -0.3 is 16.4 Å². The number of hydrogen-bond acceptors (Lipinski definition) is 3. The quantitative estimate of drug-likeness (QED) is 0.468. The molecule has 0 atom stereocenters. The molecule has 104 valence electrons. The molecule has 8 heteroatoms. The highest BCUT2D eigenvalue weighted by Crippen LogP contribution is 2.38. The Morgan fingerprint density at radius 1 is 0.947 bits per heavy atom. The smallest absolute Gasteiger partial charge is 0.221 e. The van der Waals surface area contributed by atoms with Crippen molar-refractivity contribution in [1.29, 1.82) is 0 Å². The van der Waals surface area contributed by atoms with Gasteiger partial charge in [0, 0.05) is 27.5 Å². The first-order chi connectivity index (χ1) is 8.79. The van der Waals surface area contributed by atoms with Crippen molar-refractivity contribution in [2.24, 2.45) is 5.73 Å². The van der Waals surface area contributed by atoms with Crippen LogP contribution in [0.1, 0.15) is 19.4 Å². The van der Waals surface area contributed by atoms with Crippen molar-refractivity contribution in [3.8, 4) is 0 Å². The van der Waals surface area contributed by atoms with E-state index in [2.05, 4.69) is 78.4 Å². The maximum Gasteiger partial charge on any atom is 0.221 e. The fourth-order valence-electron chi connectivity index (χ4n) is 1.47. The second kappa shape index (κ2) is 7.36. The standard InChI is InChI=1S/C11H12I3N3O2/c1-4(18)16-10-7(12)6(3-15)8(13)11(9(10)14)17-5(2)19/h3,15H2,1-2H3,(H,16,18)(H,17,19). The zero-order valence-electron chi connectivity index (χ0n) is 10.2. The van der Waals surface area contributed by atoms with Crippen molar-refractivity contribution < 1.29 is 9.59 Å². The topological polar surface area (TPSA) is 84.2 Å². The highest BCUT2D eigenvalue weighted by atomic mass is 127. The summed E-state index contributed by atoms with van der Waals surface area (Å²) >= 11 is 6.43. The number of carbonyl (C=O) groups is 2. The van der Waals surface area contributed by atoms with Crippen molar-refractivity contribution in [1.82, 2.24) is 0 Å². The summed E-state index contributed by atoms with van der Waals surface area (Å²) in [5.74, 6) is -0.317. The molecule has 0 aliphatic rings. The Kier molecular flexibility index (Phi) is 6.72. The van der Waals surface area contributed by atoms with E-state index in [1.807, 2.05) is 0 Å². The van der Waals surface area contributed by atoms with Gasteiger partial charge in [-0.1, -0.05) is 0 Å². The van der Waals surface area contributed by atoms with Crippen LogP contribution in [-0.4, -0.2) is 11.8 Å². The summed E-state index contributed by atoms with van der Waals surface area (Å²) in [7, 11) is 0. The Bertz CT molecular complexity index is 503. The van der Waals surface area contributed by atoms with Crippen molar-refractivity contribution >= 4 is 91.0 Å². The first-order valence-corrected chi connectivity index (χ1v) is 8.47. The molecule has 0 fully saturated rings. The monoisotopic (exact) mass is 599 g/mol. The van der Waals surface area contributed by atoms with Crippen LogP contribution < -0.4 is 16.4 Å². The molecule has 1 aromatic carbocycles. The number of halogens is 3. The molecule has 0 unspecified atom stereocenters. The highest BCUT2D eigenvalue weighted by Gasteiger charge is 2.20. The van der Waals surface area contributed by atoms with E-state index in [1.54, 1.807) is 0 Å². The van der Waals surface area contributed by atoms with Crippen molar-refractivity contribution in [3.05, 3.63) is 16.3 Å². The minimum absolute atomic E-state index is 0.159. The lowest BCUT2D eigenvalue weighted by atomic mass is 10.1. The third-order valence-electron chi connectivity index (χ3n) is 2.21. The van der Waals surface area contributed by atoms with E-state index in [0.717, 1.165) is 16.3 Å². The number of nitrogens with one attached hydrogen (secondary N) is 2. The molecule has 19 heavy (non-hydrogen) atoms. The molecule has 0 radical (unpaired) electrons. The molecule has 0 saturated carbocycles. The number of nitrogens with two attached hydrogens (primary N) is 1. The van der Waals surface area contributed by atoms with Gasteiger partial charge in [0.1, 0.15) is 0 Å². The molecule has 0 saturated heterocycles. The lowest BCUT2D eigenvalue weighted by Crippen LogP contribution is -2.17. The Balaban J connectivity index is 3.55.